The van der Waals surface area contributed by atoms with Crippen molar-refractivity contribution in [1.82, 2.24) is 10.4 Å². The van der Waals surface area contributed by atoms with Gasteiger partial charge in [-0.05, 0) is 12.8 Å². The van der Waals surface area contributed by atoms with Crippen LogP contribution in [0.4, 0.5) is 0 Å². The molecule has 9 N–H and O–H groups in total. The van der Waals surface area contributed by atoms with Crippen molar-refractivity contribution in [2.45, 2.75) is 43.8 Å². The van der Waals surface area contributed by atoms with Crippen LogP contribution in [0, 0.1) is 0 Å². The summed E-state index contributed by atoms with van der Waals surface area (Å²) in [5.41, 5.74) is 5.20. The fourth-order valence-electron chi connectivity index (χ4n) is 1.77. The highest BCUT2D eigenvalue weighted by molar-refractivity contribution is 7.50. The predicted molar refractivity (Wildman–Crippen MR) is 91.6 cm³/mol. The van der Waals surface area contributed by atoms with Crippen LogP contribution in [0.15, 0.2) is 0 Å². The van der Waals surface area contributed by atoms with Crippen LogP contribution in [0.5, 0.6) is 0 Å². The summed E-state index contributed by atoms with van der Waals surface area (Å²) < 4.78 is 16.4. The molecule has 0 bridgehead atoms. The van der Waals surface area contributed by atoms with E-state index < -0.39 is 81.5 Å². The highest BCUT2D eigenvalue weighted by atomic mass is 31.2. The molecule has 1 amide bonds. The summed E-state index contributed by atoms with van der Waals surface area (Å²) in [6.45, 7) is -1.04. The first kappa shape index (κ1) is 26.4. The van der Waals surface area contributed by atoms with Crippen LogP contribution < -0.4 is 16.1 Å². The second-order valence-electron chi connectivity index (χ2n) is 5.71. The molecule has 0 fully saturated rings. The van der Waals surface area contributed by atoms with E-state index in [1.807, 2.05) is 5.32 Å². The number of hydrogen-bond acceptors (Lipinski definition) is 8. The van der Waals surface area contributed by atoms with Crippen molar-refractivity contribution >= 4 is 37.5 Å². The number of aliphatic carboxylic acids is 4. The minimum atomic E-state index is -4.88. The maximum atomic E-state index is 11.9. The van der Waals surface area contributed by atoms with E-state index in [1.165, 1.54) is 0 Å². The van der Waals surface area contributed by atoms with E-state index in [4.69, 9.17) is 26.2 Å². The Morgan fingerprint density at radius 3 is 1.90 bits per heavy atom. The second kappa shape index (κ2) is 12.1. The molecule has 0 saturated carbocycles. The lowest BCUT2D eigenvalue weighted by Crippen LogP contribution is -2.45. The third kappa shape index (κ3) is 11.8. The zero-order valence-electron chi connectivity index (χ0n) is 14.9. The largest absolute Gasteiger partial charge is 0.481 e. The normalized spacial score (nSPS) is 16.1. The van der Waals surface area contributed by atoms with Crippen LogP contribution in [-0.2, 0) is 33.1 Å². The topological polar surface area (TPSA) is 263 Å². The molecular formula is C13H22N3O12P. The van der Waals surface area contributed by atoms with Gasteiger partial charge in [0.2, 0.25) is 5.91 Å². The SMILES string of the molecule is N[C@@H](CCC(=O)N[C@@H](COP(=O)(O)N[C@@H](CCC(=O)O)C(=O)O)C(=O)O)C(=O)O. The Bertz CT molecular complexity index is 684. The number of carboxylic acid groups (broad SMARTS) is 4. The second-order valence-corrected chi connectivity index (χ2v) is 7.27. The number of nitrogens with two attached hydrogens (primary N) is 1. The zero-order chi connectivity index (χ0) is 22.8. The molecule has 1 unspecified atom stereocenters. The van der Waals surface area contributed by atoms with Gasteiger partial charge in [0.25, 0.3) is 0 Å². The fourth-order valence-corrected chi connectivity index (χ4v) is 2.83. The van der Waals surface area contributed by atoms with E-state index in [2.05, 4.69) is 4.52 Å². The molecule has 166 valence electrons. The van der Waals surface area contributed by atoms with Gasteiger partial charge in [0, 0.05) is 12.8 Å². The van der Waals surface area contributed by atoms with Crippen LogP contribution in [0.25, 0.3) is 0 Å². The van der Waals surface area contributed by atoms with Gasteiger partial charge >= 0.3 is 31.6 Å². The molecule has 0 aliphatic carbocycles. The molecule has 0 rings (SSSR count). The maximum Gasteiger partial charge on any atom is 0.403 e. The van der Waals surface area contributed by atoms with Gasteiger partial charge in [-0.3, -0.25) is 23.7 Å². The van der Waals surface area contributed by atoms with Crippen molar-refractivity contribution in [1.29, 1.82) is 0 Å². The first-order valence-corrected chi connectivity index (χ1v) is 9.53. The number of carbonyl (C=O) groups is 5. The third-order valence-electron chi connectivity index (χ3n) is 3.31. The smallest absolute Gasteiger partial charge is 0.403 e. The minimum absolute atomic E-state index is 0.293. The average Bonchev–Trinajstić information content (AvgIpc) is 2.59. The van der Waals surface area contributed by atoms with E-state index in [9.17, 15) is 33.4 Å². The van der Waals surface area contributed by atoms with Crippen LogP contribution in [-0.4, -0.2) is 79.8 Å². The molecule has 0 aliphatic heterocycles. The molecule has 16 heteroatoms. The van der Waals surface area contributed by atoms with Crippen molar-refractivity contribution in [2.75, 3.05) is 6.61 Å². The number of rotatable bonds is 15. The first-order chi connectivity index (χ1) is 13.2. The molecule has 0 radical (unpaired) electrons. The molecular weight excluding hydrogens is 421 g/mol. The van der Waals surface area contributed by atoms with Gasteiger partial charge in [-0.15, -0.1) is 0 Å². The van der Waals surface area contributed by atoms with E-state index in [1.54, 1.807) is 5.09 Å². The Kier molecular flexibility index (Phi) is 11.0. The number of nitrogens with one attached hydrogen (secondary N) is 2. The Morgan fingerprint density at radius 1 is 0.897 bits per heavy atom. The standard InChI is InChI=1S/C13H22N3O12P/c14-6(11(20)21)1-3-9(17)15-8(13(24)25)5-28-29(26,27)16-7(12(22)23)2-4-10(18)19/h6-8H,1-5,14H2,(H,15,17)(H,18,19)(H,20,21)(H,22,23)(H,24,25)(H2,16,26,27)/t6-,7-,8-/m0/s1. The molecule has 0 saturated heterocycles. The molecule has 0 spiro atoms. The van der Waals surface area contributed by atoms with Gasteiger partial charge in [-0.2, -0.15) is 0 Å². The lowest BCUT2D eigenvalue weighted by Gasteiger charge is -2.21. The van der Waals surface area contributed by atoms with E-state index in [0.29, 0.717) is 0 Å². The van der Waals surface area contributed by atoms with Crippen molar-refractivity contribution in [3.05, 3.63) is 0 Å². The summed E-state index contributed by atoms with van der Waals surface area (Å²) in [5, 5.41) is 38.7. The van der Waals surface area contributed by atoms with Crippen molar-refractivity contribution in [2.24, 2.45) is 5.73 Å². The van der Waals surface area contributed by atoms with E-state index >= 15 is 0 Å². The van der Waals surface area contributed by atoms with E-state index in [0.717, 1.165) is 0 Å². The molecule has 0 aromatic carbocycles. The van der Waals surface area contributed by atoms with E-state index in [-0.39, 0.29) is 6.42 Å². The molecule has 0 aromatic heterocycles. The number of hydrogen-bond donors (Lipinski definition) is 8. The van der Waals surface area contributed by atoms with Crippen molar-refractivity contribution in [3.63, 3.8) is 0 Å². The summed E-state index contributed by atoms with van der Waals surface area (Å²) in [5.74, 6) is -6.91. The van der Waals surface area contributed by atoms with Gasteiger partial charge < -0.3 is 36.4 Å². The van der Waals surface area contributed by atoms with Crippen LogP contribution in [0.1, 0.15) is 25.7 Å². The summed E-state index contributed by atoms with van der Waals surface area (Å²) in [4.78, 5) is 64.5. The lowest BCUT2D eigenvalue weighted by molar-refractivity contribution is -0.143. The van der Waals surface area contributed by atoms with Crippen molar-refractivity contribution < 1.29 is 58.4 Å². The van der Waals surface area contributed by atoms with Gasteiger partial charge in [-0.25, -0.2) is 14.4 Å². The highest BCUT2D eigenvalue weighted by Gasteiger charge is 2.31. The van der Waals surface area contributed by atoms with Crippen LogP contribution in [0.3, 0.4) is 0 Å². The monoisotopic (exact) mass is 443 g/mol. The molecule has 0 aliphatic rings. The summed E-state index contributed by atoms with van der Waals surface area (Å²) >= 11 is 0. The summed E-state index contributed by atoms with van der Waals surface area (Å²) in [7, 11) is -4.88. The fraction of sp³-hybridized carbons (Fsp3) is 0.615. The number of carboxylic acids is 4. The Labute approximate surface area is 163 Å². The van der Waals surface area contributed by atoms with Crippen LogP contribution >= 0.6 is 7.75 Å². The van der Waals surface area contributed by atoms with Crippen molar-refractivity contribution in [3.8, 4) is 0 Å². The molecule has 0 aromatic rings. The lowest BCUT2D eigenvalue weighted by atomic mass is 10.1. The minimum Gasteiger partial charge on any atom is -0.481 e. The predicted octanol–water partition coefficient (Wildman–Crippen LogP) is -2.23. The zero-order valence-corrected chi connectivity index (χ0v) is 15.8. The van der Waals surface area contributed by atoms with Gasteiger partial charge in [0.1, 0.15) is 12.1 Å². The Morgan fingerprint density at radius 2 is 1.45 bits per heavy atom. The Hall–Kier alpha value is -2.58. The maximum absolute atomic E-state index is 11.9. The van der Waals surface area contributed by atoms with Gasteiger partial charge in [-0.1, -0.05) is 0 Å². The number of amides is 1. The van der Waals surface area contributed by atoms with Gasteiger partial charge in [0.15, 0.2) is 6.04 Å². The highest BCUT2D eigenvalue weighted by Crippen LogP contribution is 2.38. The van der Waals surface area contributed by atoms with Crippen LogP contribution in [0.2, 0.25) is 0 Å². The molecule has 0 heterocycles. The molecule has 15 nitrogen and oxygen atoms in total. The summed E-state index contributed by atoms with van der Waals surface area (Å²) in [6.07, 6.45) is -1.92. The Balaban J connectivity index is 4.79. The average molecular weight is 443 g/mol. The summed E-state index contributed by atoms with van der Waals surface area (Å²) in [6, 6.07) is -4.92. The molecule has 4 atom stereocenters. The quantitative estimate of drug-likeness (QED) is 0.125. The third-order valence-corrected chi connectivity index (χ3v) is 4.45. The van der Waals surface area contributed by atoms with Gasteiger partial charge in [0.05, 0.1) is 6.61 Å². The first-order valence-electron chi connectivity index (χ1n) is 7.95. The molecule has 29 heavy (non-hydrogen) atoms. The number of carbonyl (C=O) groups excluding carboxylic acids is 1.